The molecule has 7 heteroatoms. The van der Waals surface area contributed by atoms with E-state index < -0.39 is 5.82 Å². The van der Waals surface area contributed by atoms with E-state index in [-0.39, 0.29) is 24.2 Å². The molecule has 2 aromatic heterocycles. The van der Waals surface area contributed by atoms with Crippen LogP contribution in [0, 0.1) is 11.6 Å². The number of carbonyl (C=O) groups is 1. The van der Waals surface area contributed by atoms with E-state index in [2.05, 4.69) is 15.3 Å². The number of aromatic nitrogens is 2. The molecule has 1 aromatic carbocycles. The van der Waals surface area contributed by atoms with Gasteiger partial charge in [-0.3, -0.25) is 4.79 Å². The molecular weight excluding hydrogens is 374 g/mol. The Kier molecular flexibility index (Phi) is 5.46. The Balaban J connectivity index is 1.48. The van der Waals surface area contributed by atoms with Crippen LogP contribution in [0.2, 0.25) is 0 Å². The number of nitrogens with one attached hydrogen (secondary N) is 1. The zero-order valence-electron chi connectivity index (χ0n) is 15.7. The number of halogens is 2. The summed E-state index contributed by atoms with van der Waals surface area (Å²) in [6.45, 7) is 0.670. The second-order valence-corrected chi connectivity index (χ2v) is 6.98. The van der Waals surface area contributed by atoms with E-state index in [9.17, 15) is 13.6 Å². The molecule has 0 radical (unpaired) electrons. The molecule has 0 bridgehead atoms. The van der Waals surface area contributed by atoms with E-state index in [4.69, 9.17) is 0 Å². The van der Waals surface area contributed by atoms with Gasteiger partial charge >= 0.3 is 0 Å². The third-order valence-corrected chi connectivity index (χ3v) is 4.94. The predicted octanol–water partition coefficient (Wildman–Crippen LogP) is 4.40. The fourth-order valence-electron chi connectivity index (χ4n) is 3.54. The molecule has 1 N–H and O–H groups in total. The molecule has 1 amide bonds. The molecule has 4 rings (SSSR count). The normalized spacial score (nSPS) is 16.1. The summed E-state index contributed by atoms with van der Waals surface area (Å²) in [5.41, 5.74) is 1.58. The molecule has 29 heavy (non-hydrogen) atoms. The predicted molar refractivity (Wildman–Crippen MR) is 106 cm³/mol. The maximum absolute atomic E-state index is 13.1. The van der Waals surface area contributed by atoms with Crippen molar-refractivity contribution in [3.63, 3.8) is 0 Å². The first-order valence-corrected chi connectivity index (χ1v) is 9.48. The molecule has 0 saturated carbocycles. The van der Waals surface area contributed by atoms with Crippen molar-refractivity contribution in [1.82, 2.24) is 14.9 Å². The molecule has 148 valence electrons. The first-order valence-electron chi connectivity index (χ1n) is 9.48. The van der Waals surface area contributed by atoms with Gasteiger partial charge in [0.05, 0.1) is 24.4 Å². The molecule has 0 unspecified atom stereocenters. The zero-order chi connectivity index (χ0) is 20.2. The molecule has 3 aromatic rings. The first kappa shape index (κ1) is 19.0. The molecule has 0 aliphatic carbocycles. The van der Waals surface area contributed by atoms with E-state index in [0.29, 0.717) is 18.2 Å². The Morgan fingerprint density at radius 1 is 1.03 bits per heavy atom. The summed E-state index contributed by atoms with van der Waals surface area (Å²) in [6, 6.07) is 14.3. The number of pyridine rings is 2. The molecule has 1 fully saturated rings. The number of likely N-dealkylation sites (tertiary alicyclic amines) is 1. The number of rotatable bonds is 5. The number of hydrogen-bond acceptors (Lipinski definition) is 4. The van der Waals surface area contributed by atoms with Gasteiger partial charge in [0.2, 0.25) is 5.91 Å². The lowest BCUT2D eigenvalue weighted by molar-refractivity contribution is -0.131. The Morgan fingerprint density at radius 3 is 2.59 bits per heavy atom. The summed E-state index contributed by atoms with van der Waals surface area (Å²) in [5.74, 6) is 0.355. The topological polar surface area (TPSA) is 58.1 Å². The second-order valence-electron chi connectivity index (χ2n) is 6.98. The third-order valence-electron chi connectivity index (χ3n) is 4.94. The molecule has 1 atom stereocenters. The van der Waals surface area contributed by atoms with Gasteiger partial charge in [-0.25, -0.2) is 18.7 Å². The Bertz CT molecular complexity index is 992. The number of hydrogen-bond donors (Lipinski definition) is 1. The maximum atomic E-state index is 13.1. The Labute approximate surface area is 167 Å². The van der Waals surface area contributed by atoms with Crippen LogP contribution in [0.25, 0.3) is 0 Å². The average molecular weight is 394 g/mol. The van der Waals surface area contributed by atoms with Crippen LogP contribution >= 0.6 is 0 Å². The summed E-state index contributed by atoms with van der Waals surface area (Å²) in [4.78, 5) is 23.3. The number of anilines is 2. The summed E-state index contributed by atoms with van der Waals surface area (Å²) >= 11 is 0. The third kappa shape index (κ3) is 4.56. The Hall–Kier alpha value is -3.35. The van der Waals surface area contributed by atoms with E-state index in [1.807, 2.05) is 17.0 Å². The van der Waals surface area contributed by atoms with E-state index in [1.54, 1.807) is 18.2 Å². The van der Waals surface area contributed by atoms with E-state index >= 15 is 0 Å². The molecule has 0 spiro atoms. The fraction of sp³-hybridized carbons (Fsp3) is 0.227. The second kappa shape index (κ2) is 8.34. The van der Waals surface area contributed by atoms with Crippen molar-refractivity contribution >= 4 is 17.5 Å². The van der Waals surface area contributed by atoms with Crippen LogP contribution in [-0.4, -0.2) is 27.3 Å². The van der Waals surface area contributed by atoms with Crippen molar-refractivity contribution in [1.29, 1.82) is 0 Å². The molecule has 1 saturated heterocycles. The van der Waals surface area contributed by atoms with Gasteiger partial charge in [-0.1, -0.05) is 18.2 Å². The Morgan fingerprint density at radius 2 is 1.83 bits per heavy atom. The standard InChI is InChI=1S/C22H20F2N4O/c23-16-8-6-15(7-9-16)13-22(29)28-12-2-4-19(28)18-3-1-5-21(26-18)27-20-11-10-17(24)14-25-20/h1,3,5-11,14,19H,2,4,12-13H2,(H,25,26,27)/t19-/m0/s1. The number of nitrogens with zero attached hydrogens (tertiary/aromatic N) is 3. The van der Waals surface area contributed by atoms with Gasteiger partial charge in [0.1, 0.15) is 23.3 Å². The number of carbonyl (C=O) groups excluding carboxylic acids is 1. The highest BCUT2D eigenvalue weighted by Crippen LogP contribution is 2.32. The van der Waals surface area contributed by atoms with Gasteiger partial charge in [0.25, 0.3) is 0 Å². The highest BCUT2D eigenvalue weighted by atomic mass is 19.1. The molecule has 5 nitrogen and oxygen atoms in total. The van der Waals surface area contributed by atoms with Gasteiger partial charge in [0.15, 0.2) is 0 Å². The lowest BCUT2D eigenvalue weighted by Gasteiger charge is -2.25. The van der Waals surface area contributed by atoms with Crippen molar-refractivity contribution in [3.8, 4) is 0 Å². The number of benzene rings is 1. The van der Waals surface area contributed by atoms with Gasteiger partial charge in [-0.15, -0.1) is 0 Å². The molecule has 3 heterocycles. The van der Waals surface area contributed by atoms with Crippen molar-refractivity contribution in [2.75, 3.05) is 11.9 Å². The summed E-state index contributed by atoms with van der Waals surface area (Å²) in [5, 5.41) is 3.06. The summed E-state index contributed by atoms with van der Waals surface area (Å²) < 4.78 is 26.1. The van der Waals surface area contributed by atoms with Gasteiger partial charge in [0, 0.05) is 6.54 Å². The minimum Gasteiger partial charge on any atom is -0.334 e. The lowest BCUT2D eigenvalue weighted by Crippen LogP contribution is -2.32. The van der Waals surface area contributed by atoms with Crippen LogP contribution in [0.4, 0.5) is 20.4 Å². The van der Waals surface area contributed by atoms with Crippen LogP contribution in [0.1, 0.15) is 30.1 Å². The first-order chi connectivity index (χ1) is 14.1. The minimum atomic E-state index is -0.404. The summed E-state index contributed by atoms with van der Waals surface area (Å²) in [7, 11) is 0. The average Bonchev–Trinajstić information content (AvgIpc) is 3.22. The van der Waals surface area contributed by atoms with Crippen LogP contribution in [0.3, 0.4) is 0 Å². The SMILES string of the molecule is O=C(Cc1ccc(F)cc1)N1CCC[C@H]1c1cccc(Nc2ccc(F)cn2)n1. The molecular formula is C22H20F2N4O. The van der Waals surface area contributed by atoms with Crippen LogP contribution in [0.15, 0.2) is 60.8 Å². The highest BCUT2D eigenvalue weighted by Gasteiger charge is 2.30. The summed E-state index contributed by atoms with van der Waals surface area (Å²) in [6.07, 6.45) is 3.10. The van der Waals surface area contributed by atoms with E-state index in [0.717, 1.165) is 30.3 Å². The van der Waals surface area contributed by atoms with Gasteiger partial charge in [-0.05, 0) is 54.8 Å². The lowest BCUT2D eigenvalue weighted by atomic mass is 10.1. The van der Waals surface area contributed by atoms with Gasteiger partial charge in [-0.2, -0.15) is 0 Å². The van der Waals surface area contributed by atoms with Crippen LogP contribution in [-0.2, 0) is 11.2 Å². The van der Waals surface area contributed by atoms with Crippen molar-refractivity contribution in [2.45, 2.75) is 25.3 Å². The van der Waals surface area contributed by atoms with Crippen molar-refractivity contribution in [3.05, 3.63) is 83.7 Å². The largest absolute Gasteiger partial charge is 0.334 e. The monoisotopic (exact) mass is 394 g/mol. The number of amides is 1. The van der Waals surface area contributed by atoms with Crippen molar-refractivity contribution in [2.24, 2.45) is 0 Å². The van der Waals surface area contributed by atoms with E-state index in [1.165, 1.54) is 24.3 Å². The van der Waals surface area contributed by atoms with Crippen LogP contribution in [0.5, 0.6) is 0 Å². The minimum absolute atomic E-state index is 0.000489. The maximum Gasteiger partial charge on any atom is 0.227 e. The smallest absolute Gasteiger partial charge is 0.227 e. The zero-order valence-corrected chi connectivity index (χ0v) is 15.7. The fourth-order valence-corrected chi connectivity index (χ4v) is 3.54. The quantitative estimate of drug-likeness (QED) is 0.697. The molecule has 1 aliphatic heterocycles. The van der Waals surface area contributed by atoms with Crippen molar-refractivity contribution < 1.29 is 13.6 Å². The van der Waals surface area contributed by atoms with Gasteiger partial charge < -0.3 is 10.2 Å². The molecule has 1 aliphatic rings. The highest BCUT2D eigenvalue weighted by molar-refractivity contribution is 5.79. The van der Waals surface area contributed by atoms with Crippen LogP contribution < -0.4 is 5.32 Å².